The smallest absolute Gasteiger partial charge is 0.319 e. The fourth-order valence-electron chi connectivity index (χ4n) is 2.76. The SMILES string of the molecule is CN(C(=O)N1CCCC(C(C)(C)C(=O)O)C1)C1CC1. The van der Waals surface area contributed by atoms with E-state index in [1.54, 1.807) is 13.8 Å². The van der Waals surface area contributed by atoms with Gasteiger partial charge in [-0.25, -0.2) is 4.79 Å². The number of carboxylic acid groups (broad SMARTS) is 1. The molecule has 1 aliphatic heterocycles. The molecule has 2 aliphatic rings. The van der Waals surface area contributed by atoms with Gasteiger partial charge in [0.2, 0.25) is 0 Å². The minimum Gasteiger partial charge on any atom is -0.481 e. The van der Waals surface area contributed by atoms with Gasteiger partial charge in [0.05, 0.1) is 5.41 Å². The molecule has 2 rings (SSSR count). The summed E-state index contributed by atoms with van der Waals surface area (Å²) in [4.78, 5) is 27.3. The second-order valence-corrected chi connectivity index (χ2v) is 6.44. The van der Waals surface area contributed by atoms with Crippen LogP contribution in [0.25, 0.3) is 0 Å². The van der Waals surface area contributed by atoms with Gasteiger partial charge in [-0.05, 0) is 45.4 Å². The molecule has 1 saturated heterocycles. The van der Waals surface area contributed by atoms with Gasteiger partial charge in [-0.15, -0.1) is 0 Å². The van der Waals surface area contributed by atoms with E-state index in [0.717, 1.165) is 32.2 Å². The van der Waals surface area contributed by atoms with E-state index in [9.17, 15) is 14.7 Å². The number of amides is 2. The molecule has 1 atom stereocenters. The topological polar surface area (TPSA) is 60.9 Å². The summed E-state index contributed by atoms with van der Waals surface area (Å²) >= 11 is 0. The molecule has 0 aromatic heterocycles. The standard InChI is InChI=1S/C14H24N2O3/c1-14(2,12(17)18)10-5-4-8-16(9-10)13(19)15(3)11-6-7-11/h10-11H,4-9H2,1-3H3,(H,17,18). The Hall–Kier alpha value is -1.26. The molecule has 1 N–H and O–H groups in total. The number of hydrogen-bond acceptors (Lipinski definition) is 2. The molecular formula is C14H24N2O3. The lowest BCUT2D eigenvalue weighted by Gasteiger charge is -2.40. The summed E-state index contributed by atoms with van der Waals surface area (Å²) < 4.78 is 0. The van der Waals surface area contributed by atoms with Crippen molar-refractivity contribution in [3.63, 3.8) is 0 Å². The van der Waals surface area contributed by atoms with Gasteiger partial charge in [0.1, 0.15) is 0 Å². The number of carbonyl (C=O) groups excluding carboxylic acids is 1. The molecule has 0 aromatic rings. The Balaban J connectivity index is 2.00. The average Bonchev–Trinajstić information content (AvgIpc) is 3.21. The zero-order valence-corrected chi connectivity index (χ0v) is 12.1. The number of urea groups is 1. The summed E-state index contributed by atoms with van der Waals surface area (Å²) in [6, 6.07) is 0.466. The Kier molecular flexibility index (Phi) is 3.74. The highest BCUT2D eigenvalue weighted by atomic mass is 16.4. The van der Waals surface area contributed by atoms with E-state index in [-0.39, 0.29) is 11.9 Å². The lowest BCUT2D eigenvalue weighted by Crippen LogP contribution is -2.50. The van der Waals surface area contributed by atoms with E-state index in [1.807, 2.05) is 16.8 Å². The van der Waals surface area contributed by atoms with E-state index >= 15 is 0 Å². The molecule has 2 amide bonds. The van der Waals surface area contributed by atoms with Crippen LogP contribution in [0, 0.1) is 11.3 Å². The lowest BCUT2D eigenvalue weighted by molar-refractivity contribution is -0.151. The molecule has 1 aliphatic carbocycles. The molecule has 108 valence electrons. The van der Waals surface area contributed by atoms with E-state index < -0.39 is 11.4 Å². The largest absolute Gasteiger partial charge is 0.481 e. The van der Waals surface area contributed by atoms with Gasteiger partial charge in [0, 0.05) is 26.2 Å². The monoisotopic (exact) mass is 268 g/mol. The summed E-state index contributed by atoms with van der Waals surface area (Å²) in [6.07, 6.45) is 3.97. The third kappa shape index (κ3) is 2.85. The van der Waals surface area contributed by atoms with Gasteiger partial charge < -0.3 is 14.9 Å². The van der Waals surface area contributed by atoms with Crippen LogP contribution in [0.3, 0.4) is 0 Å². The number of likely N-dealkylation sites (tertiary alicyclic amines) is 1. The molecule has 5 nitrogen and oxygen atoms in total. The third-order valence-corrected chi connectivity index (χ3v) is 4.66. The second kappa shape index (κ2) is 5.02. The molecule has 2 fully saturated rings. The Morgan fingerprint density at radius 2 is 1.89 bits per heavy atom. The summed E-state index contributed by atoms with van der Waals surface area (Å²) in [6.45, 7) is 4.84. The lowest BCUT2D eigenvalue weighted by atomic mass is 9.74. The molecule has 1 heterocycles. The molecular weight excluding hydrogens is 244 g/mol. The maximum Gasteiger partial charge on any atom is 0.319 e. The number of carboxylic acids is 1. The van der Waals surface area contributed by atoms with Gasteiger partial charge in [-0.3, -0.25) is 4.79 Å². The normalized spacial score (nSPS) is 24.2. The van der Waals surface area contributed by atoms with Crippen molar-refractivity contribution in [2.75, 3.05) is 20.1 Å². The number of aliphatic carboxylic acids is 1. The first-order valence-corrected chi connectivity index (χ1v) is 7.09. The predicted octanol–water partition coefficient (Wildman–Crippen LogP) is 2.02. The van der Waals surface area contributed by atoms with Gasteiger partial charge >= 0.3 is 12.0 Å². The first kappa shape index (κ1) is 14.2. The van der Waals surface area contributed by atoms with Crippen LogP contribution in [0.2, 0.25) is 0 Å². The molecule has 0 spiro atoms. The number of rotatable bonds is 3. The maximum absolute atomic E-state index is 12.3. The summed E-state index contributed by atoms with van der Waals surface area (Å²) in [5.41, 5.74) is -0.767. The quantitative estimate of drug-likeness (QED) is 0.852. The van der Waals surface area contributed by atoms with Gasteiger partial charge in [0.15, 0.2) is 0 Å². The van der Waals surface area contributed by atoms with Crippen molar-refractivity contribution < 1.29 is 14.7 Å². The van der Waals surface area contributed by atoms with E-state index in [0.29, 0.717) is 12.6 Å². The average molecular weight is 268 g/mol. The molecule has 0 bridgehead atoms. The van der Waals surface area contributed by atoms with Crippen LogP contribution in [0.5, 0.6) is 0 Å². The highest BCUT2D eigenvalue weighted by Crippen LogP contribution is 2.35. The maximum atomic E-state index is 12.3. The molecule has 19 heavy (non-hydrogen) atoms. The number of piperidine rings is 1. The molecule has 1 unspecified atom stereocenters. The van der Waals surface area contributed by atoms with Crippen LogP contribution in [-0.4, -0.2) is 53.1 Å². The molecule has 0 aromatic carbocycles. The van der Waals surface area contributed by atoms with Gasteiger partial charge in [0.25, 0.3) is 0 Å². The van der Waals surface area contributed by atoms with Gasteiger partial charge in [-0.1, -0.05) is 0 Å². The fourth-order valence-corrected chi connectivity index (χ4v) is 2.76. The Morgan fingerprint density at radius 3 is 2.42 bits per heavy atom. The number of nitrogens with zero attached hydrogens (tertiary/aromatic N) is 2. The number of carbonyl (C=O) groups is 2. The van der Waals surface area contributed by atoms with Gasteiger partial charge in [-0.2, -0.15) is 0 Å². The second-order valence-electron chi connectivity index (χ2n) is 6.44. The number of hydrogen-bond donors (Lipinski definition) is 1. The van der Waals surface area contributed by atoms with Crippen LogP contribution in [-0.2, 0) is 4.79 Å². The Bertz CT molecular complexity index is 377. The minimum atomic E-state index is -0.776. The summed E-state index contributed by atoms with van der Waals surface area (Å²) in [5, 5.41) is 9.31. The fraction of sp³-hybridized carbons (Fsp3) is 0.857. The zero-order valence-electron chi connectivity index (χ0n) is 12.1. The summed E-state index contributed by atoms with van der Waals surface area (Å²) in [5.74, 6) is -0.738. The van der Waals surface area contributed by atoms with Crippen molar-refractivity contribution in [3.8, 4) is 0 Å². The third-order valence-electron chi connectivity index (χ3n) is 4.66. The molecule has 1 saturated carbocycles. The summed E-state index contributed by atoms with van der Waals surface area (Å²) in [7, 11) is 1.85. The van der Waals surface area contributed by atoms with Crippen molar-refractivity contribution in [2.45, 2.75) is 45.6 Å². The van der Waals surface area contributed by atoms with Crippen LogP contribution in [0.1, 0.15) is 39.5 Å². The van der Waals surface area contributed by atoms with Crippen molar-refractivity contribution in [2.24, 2.45) is 11.3 Å². The van der Waals surface area contributed by atoms with Crippen molar-refractivity contribution in [1.29, 1.82) is 0 Å². The highest BCUT2D eigenvalue weighted by molar-refractivity contribution is 5.76. The van der Waals surface area contributed by atoms with Crippen LogP contribution in [0.4, 0.5) is 4.79 Å². The highest BCUT2D eigenvalue weighted by Gasteiger charge is 2.41. The first-order valence-electron chi connectivity index (χ1n) is 7.09. The van der Waals surface area contributed by atoms with Crippen molar-refractivity contribution >= 4 is 12.0 Å². The van der Waals surface area contributed by atoms with Crippen LogP contribution >= 0.6 is 0 Å². The van der Waals surface area contributed by atoms with Crippen LogP contribution in [0.15, 0.2) is 0 Å². The van der Waals surface area contributed by atoms with Crippen molar-refractivity contribution in [1.82, 2.24) is 9.80 Å². The van der Waals surface area contributed by atoms with E-state index in [4.69, 9.17) is 0 Å². The van der Waals surface area contributed by atoms with Crippen molar-refractivity contribution in [3.05, 3.63) is 0 Å². The first-order chi connectivity index (χ1) is 8.84. The van der Waals surface area contributed by atoms with Crippen LogP contribution < -0.4 is 0 Å². The molecule has 0 radical (unpaired) electrons. The van der Waals surface area contributed by atoms with E-state index in [1.165, 1.54) is 0 Å². The zero-order chi connectivity index (χ0) is 14.2. The van der Waals surface area contributed by atoms with E-state index in [2.05, 4.69) is 0 Å². The Morgan fingerprint density at radius 1 is 1.26 bits per heavy atom. The minimum absolute atomic E-state index is 0.0373. The Labute approximate surface area is 114 Å². The predicted molar refractivity (Wildman–Crippen MR) is 71.9 cm³/mol. The molecule has 5 heteroatoms.